The summed E-state index contributed by atoms with van der Waals surface area (Å²) in [6.07, 6.45) is 0. The van der Waals surface area contributed by atoms with Gasteiger partial charge in [0.2, 0.25) is 11.8 Å². The highest BCUT2D eigenvalue weighted by atomic mass is 32.2. The van der Waals surface area contributed by atoms with E-state index < -0.39 is 0 Å². The molecule has 0 radical (unpaired) electrons. The molecule has 3 N–H and O–H groups in total. The summed E-state index contributed by atoms with van der Waals surface area (Å²) in [6.45, 7) is 0. The first-order valence-electron chi connectivity index (χ1n) is 4.60. The molecule has 0 saturated carbocycles. The quantitative estimate of drug-likeness (QED) is 0.625. The monoisotopic (exact) mass is 234 g/mol. The van der Waals surface area contributed by atoms with Gasteiger partial charge >= 0.3 is 0 Å². The highest BCUT2D eigenvalue weighted by Crippen LogP contribution is 2.18. The van der Waals surface area contributed by atoms with Crippen LogP contribution in [-0.4, -0.2) is 15.4 Å². The molecule has 0 atom stereocenters. The van der Waals surface area contributed by atoms with Crippen LogP contribution in [-0.2, 0) is 5.75 Å². The molecule has 82 valence electrons. The number of rotatable bonds is 3. The van der Waals surface area contributed by atoms with Crippen LogP contribution in [0.2, 0.25) is 0 Å². The van der Waals surface area contributed by atoms with E-state index in [1.165, 1.54) is 0 Å². The summed E-state index contributed by atoms with van der Waals surface area (Å²) in [4.78, 5) is 0. The third kappa shape index (κ3) is 2.60. The molecular formula is C10H10N4OS. The van der Waals surface area contributed by atoms with Crippen LogP contribution in [0.25, 0.3) is 11.5 Å². The van der Waals surface area contributed by atoms with Crippen molar-refractivity contribution in [3.63, 3.8) is 0 Å². The maximum Gasteiger partial charge on any atom is 0.247 e. The van der Waals surface area contributed by atoms with Gasteiger partial charge in [-0.2, -0.15) is 0 Å². The highest BCUT2D eigenvalue weighted by molar-refractivity contribution is 8.12. The molecule has 16 heavy (non-hydrogen) atoms. The molecule has 6 heteroatoms. The first-order valence-corrected chi connectivity index (χ1v) is 5.59. The van der Waals surface area contributed by atoms with E-state index in [2.05, 4.69) is 10.2 Å². The topological polar surface area (TPSA) is 88.8 Å². The van der Waals surface area contributed by atoms with Gasteiger partial charge in [-0.15, -0.1) is 10.2 Å². The largest absolute Gasteiger partial charge is 0.420 e. The van der Waals surface area contributed by atoms with Crippen molar-refractivity contribution >= 4 is 16.9 Å². The Morgan fingerprint density at radius 3 is 2.75 bits per heavy atom. The second kappa shape index (κ2) is 4.80. The minimum atomic E-state index is 0.0412. The van der Waals surface area contributed by atoms with Gasteiger partial charge in [-0.3, -0.25) is 5.41 Å². The molecule has 0 aliphatic carbocycles. The summed E-state index contributed by atoms with van der Waals surface area (Å²) in [6, 6.07) is 9.53. The zero-order valence-electron chi connectivity index (χ0n) is 8.38. The zero-order valence-corrected chi connectivity index (χ0v) is 9.20. The molecule has 5 nitrogen and oxygen atoms in total. The van der Waals surface area contributed by atoms with Gasteiger partial charge in [0.05, 0.1) is 5.75 Å². The van der Waals surface area contributed by atoms with Gasteiger partial charge in [0.15, 0.2) is 5.17 Å². The fraction of sp³-hybridized carbons (Fsp3) is 0.100. The lowest BCUT2D eigenvalue weighted by Crippen LogP contribution is -2.03. The first kappa shape index (κ1) is 10.7. The molecule has 0 bridgehead atoms. The summed E-state index contributed by atoms with van der Waals surface area (Å²) >= 11 is 1.16. The minimum Gasteiger partial charge on any atom is -0.420 e. The van der Waals surface area contributed by atoms with Gasteiger partial charge in [-0.25, -0.2) is 0 Å². The smallest absolute Gasteiger partial charge is 0.247 e. The molecule has 0 spiro atoms. The van der Waals surface area contributed by atoms with E-state index in [0.717, 1.165) is 17.3 Å². The van der Waals surface area contributed by atoms with Crippen molar-refractivity contribution in [3.8, 4) is 11.5 Å². The van der Waals surface area contributed by atoms with E-state index in [1.807, 2.05) is 30.3 Å². The number of nitrogens with two attached hydrogens (primary N) is 1. The Morgan fingerprint density at radius 1 is 1.31 bits per heavy atom. The summed E-state index contributed by atoms with van der Waals surface area (Å²) in [7, 11) is 0. The van der Waals surface area contributed by atoms with E-state index in [4.69, 9.17) is 15.6 Å². The van der Waals surface area contributed by atoms with Gasteiger partial charge in [0.25, 0.3) is 0 Å². The number of nitrogens with zero attached hydrogens (tertiary/aromatic N) is 2. The molecule has 0 amide bonds. The number of aromatic nitrogens is 2. The molecule has 2 rings (SSSR count). The van der Waals surface area contributed by atoms with Gasteiger partial charge in [0, 0.05) is 5.56 Å². The molecule has 0 fully saturated rings. The normalized spacial score (nSPS) is 10.2. The van der Waals surface area contributed by atoms with Crippen LogP contribution in [0.3, 0.4) is 0 Å². The van der Waals surface area contributed by atoms with Crippen LogP contribution in [0.4, 0.5) is 0 Å². The van der Waals surface area contributed by atoms with Crippen LogP contribution < -0.4 is 5.73 Å². The summed E-state index contributed by atoms with van der Waals surface area (Å²) < 4.78 is 5.42. The molecule has 2 aromatic rings. The summed E-state index contributed by atoms with van der Waals surface area (Å²) in [5.74, 6) is 1.38. The Morgan fingerprint density at radius 2 is 2.06 bits per heavy atom. The highest BCUT2D eigenvalue weighted by Gasteiger charge is 2.08. The van der Waals surface area contributed by atoms with Crippen molar-refractivity contribution in [2.75, 3.05) is 0 Å². The van der Waals surface area contributed by atoms with Gasteiger partial charge < -0.3 is 10.2 Å². The van der Waals surface area contributed by atoms with Crippen molar-refractivity contribution in [1.82, 2.24) is 10.2 Å². The van der Waals surface area contributed by atoms with Crippen molar-refractivity contribution < 1.29 is 4.42 Å². The number of benzene rings is 1. The van der Waals surface area contributed by atoms with E-state index in [1.54, 1.807) is 0 Å². The molecule has 0 unspecified atom stereocenters. The third-order valence-corrected chi connectivity index (χ3v) is 2.54. The molecule has 1 heterocycles. The molecular weight excluding hydrogens is 224 g/mol. The average Bonchev–Trinajstić information content (AvgIpc) is 2.76. The van der Waals surface area contributed by atoms with Crippen LogP contribution in [0.1, 0.15) is 5.89 Å². The first-order chi connectivity index (χ1) is 7.75. The molecule has 1 aromatic heterocycles. The fourth-order valence-electron chi connectivity index (χ4n) is 1.15. The summed E-state index contributed by atoms with van der Waals surface area (Å²) in [5.41, 5.74) is 6.10. The predicted molar refractivity (Wildman–Crippen MR) is 62.9 cm³/mol. The molecule has 1 aromatic carbocycles. The lowest BCUT2D eigenvalue weighted by Gasteiger charge is -1.93. The SMILES string of the molecule is N=C(N)SCc1nnc(-c2ccccc2)o1. The Hall–Kier alpha value is -1.82. The number of nitrogens with one attached hydrogen (secondary N) is 1. The van der Waals surface area contributed by atoms with Crippen LogP contribution in [0.15, 0.2) is 34.7 Å². The Bertz CT molecular complexity index is 483. The standard InChI is InChI=1S/C10H10N4OS/c11-10(12)16-6-8-13-14-9(15-8)7-4-2-1-3-5-7/h1-5H,6H2,(H3,11,12). The van der Waals surface area contributed by atoms with Gasteiger partial charge in [-0.1, -0.05) is 30.0 Å². The van der Waals surface area contributed by atoms with E-state index in [9.17, 15) is 0 Å². The van der Waals surface area contributed by atoms with Crippen LogP contribution in [0.5, 0.6) is 0 Å². The fourth-order valence-corrected chi connectivity index (χ4v) is 1.54. The Kier molecular flexibility index (Phi) is 3.21. The molecule has 0 aliphatic rings. The molecule has 0 aliphatic heterocycles. The maximum absolute atomic E-state index is 7.07. The van der Waals surface area contributed by atoms with Crippen molar-refractivity contribution in [3.05, 3.63) is 36.2 Å². The average molecular weight is 234 g/mol. The van der Waals surface area contributed by atoms with Gasteiger partial charge in [-0.05, 0) is 12.1 Å². The second-order valence-corrected chi connectivity index (χ2v) is 4.04. The van der Waals surface area contributed by atoms with Crippen molar-refractivity contribution in [2.45, 2.75) is 5.75 Å². The Labute approximate surface area is 96.6 Å². The minimum absolute atomic E-state index is 0.0412. The predicted octanol–water partition coefficient (Wildman–Crippen LogP) is 1.86. The summed E-state index contributed by atoms with van der Waals surface area (Å²) in [5, 5.41) is 14.9. The van der Waals surface area contributed by atoms with Crippen molar-refractivity contribution in [2.24, 2.45) is 5.73 Å². The lowest BCUT2D eigenvalue weighted by molar-refractivity contribution is 0.529. The van der Waals surface area contributed by atoms with Gasteiger partial charge in [0.1, 0.15) is 0 Å². The van der Waals surface area contributed by atoms with E-state index in [0.29, 0.717) is 17.5 Å². The van der Waals surface area contributed by atoms with E-state index in [-0.39, 0.29) is 5.17 Å². The number of amidine groups is 1. The molecule has 0 saturated heterocycles. The number of thioether (sulfide) groups is 1. The second-order valence-electron chi connectivity index (χ2n) is 3.02. The number of hydrogen-bond donors (Lipinski definition) is 2. The number of hydrogen-bond acceptors (Lipinski definition) is 5. The van der Waals surface area contributed by atoms with Crippen LogP contribution >= 0.6 is 11.8 Å². The lowest BCUT2D eigenvalue weighted by atomic mass is 10.2. The zero-order chi connectivity index (χ0) is 11.4. The van der Waals surface area contributed by atoms with E-state index >= 15 is 0 Å². The third-order valence-electron chi connectivity index (χ3n) is 1.84. The maximum atomic E-state index is 7.07. The Balaban J connectivity index is 2.11. The van der Waals surface area contributed by atoms with Crippen LogP contribution in [0, 0.1) is 5.41 Å². The van der Waals surface area contributed by atoms with Crippen molar-refractivity contribution in [1.29, 1.82) is 5.41 Å².